The van der Waals surface area contributed by atoms with Crippen LogP contribution in [0, 0.1) is 0 Å². The number of halogens is 1. The molecule has 4 heteroatoms. The molecule has 0 aromatic carbocycles. The minimum Gasteiger partial charge on any atom is -0.384 e. The quantitative estimate of drug-likeness (QED) is 0.567. The molecule has 0 aliphatic heterocycles. The van der Waals surface area contributed by atoms with E-state index in [-0.39, 0.29) is 0 Å². The number of nitrogens with zero attached hydrogens (tertiary/aromatic N) is 1. The SMILES string of the molecule is Nc1cc(Cl)cc(N)n1. The molecule has 0 unspecified atom stereocenters. The van der Waals surface area contributed by atoms with E-state index in [1.54, 1.807) is 0 Å². The summed E-state index contributed by atoms with van der Waals surface area (Å²) in [4.78, 5) is 3.71. The van der Waals surface area contributed by atoms with Gasteiger partial charge in [-0.3, -0.25) is 0 Å². The van der Waals surface area contributed by atoms with Gasteiger partial charge in [0.1, 0.15) is 11.6 Å². The minimum atomic E-state index is 0.347. The van der Waals surface area contributed by atoms with Crippen LogP contribution in [0.15, 0.2) is 12.1 Å². The molecule has 0 spiro atoms. The Labute approximate surface area is 57.6 Å². The maximum Gasteiger partial charge on any atom is 0.127 e. The number of nitrogen functional groups attached to an aromatic ring is 2. The molecule has 0 fully saturated rings. The summed E-state index contributed by atoms with van der Waals surface area (Å²) < 4.78 is 0. The van der Waals surface area contributed by atoms with Crippen LogP contribution in [0.25, 0.3) is 0 Å². The summed E-state index contributed by atoms with van der Waals surface area (Å²) >= 11 is 5.55. The largest absolute Gasteiger partial charge is 0.384 e. The molecular weight excluding hydrogens is 138 g/mol. The average Bonchev–Trinajstić information content (AvgIpc) is 1.59. The zero-order valence-corrected chi connectivity index (χ0v) is 5.39. The van der Waals surface area contributed by atoms with Gasteiger partial charge in [-0.25, -0.2) is 4.98 Å². The van der Waals surface area contributed by atoms with E-state index in [1.165, 1.54) is 12.1 Å². The monoisotopic (exact) mass is 143 g/mol. The van der Waals surface area contributed by atoms with E-state index in [0.717, 1.165) is 0 Å². The lowest BCUT2D eigenvalue weighted by Crippen LogP contribution is -1.94. The van der Waals surface area contributed by atoms with Gasteiger partial charge in [0.15, 0.2) is 0 Å². The fourth-order valence-electron chi connectivity index (χ4n) is 0.538. The van der Waals surface area contributed by atoms with Crippen molar-refractivity contribution in [3.05, 3.63) is 17.2 Å². The van der Waals surface area contributed by atoms with E-state index in [4.69, 9.17) is 23.1 Å². The van der Waals surface area contributed by atoms with E-state index >= 15 is 0 Å². The highest BCUT2D eigenvalue weighted by Crippen LogP contribution is 2.13. The van der Waals surface area contributed by atoms with Gasteiger partial charge in [0.05, 0.1) is 0 Å². The molecule has 1 aromatic heterocycles. The van der Waals surface area contributed by atoms with Crippen molar-refractivity contribution in [2.45, 2.75) is 0 Å². The van der Waals surface area contributed by atoms with Crippen molar-refractivity contribution in [3.8, 4) is 0 Å². The number of nitrogens with two attached hydrogens (primary N) is 2. The van der Waals surface area contributed by atoms with E-state index < -0.39 is 0 Å². The average molecular weight is 144 g/mol. The number of pyridine rings is 1. The van der Waals surface area contributed by atoms with Gasteiger partial charge in [-0.05, 0) is 12.1 Å². The van der Waals surface area contributed by atoms with Crippen molar-refractivity contribution in [3.63, 3.8) is 0 Å². The van der Waals surface area contributed by atoms with Crippen LogP contribution >= 0.6 is 11.6 Å². The normalized spacial score (nSPS) is 9.44. The van der Waals surface area contributed by atoms with Crippen LogP contribution in [0.5, 0.6) is 0 Å². The molecule has 0 atom stereocenters. The third-order valence-electron chi connectivity index (χ3n) is 0.830. The van der Waals surface area contributed by atoms with Crippen molar-refractivity contribution in [2.75, 3.05) is 11.5 Å². The second-order valence-electron chi connectivity index (χ2n) is 1.64. The van der Waals surface area contributed by atoms with Gasteiger partial charge in [-0.1, -0.05) is 11.6 Å². The lowest BCUT2D eigenvalue weighted by Gasteiger charge is -1.94. The zero-order valence-electron chi connectivity index (χ0n) is 4.63. The molecule has 0 aliphatic rings. The number of aromatic nitrogens is 1. The Morgan fingerprint density at radius 3 is 2.00 bits per heavy atom. The summed E-state index contributed by atoms with van der Waals surface area (Å²) in [5.41, 5.74) is 10.6. The number of hydrogen-bond donors (Lipinski definition) is 2. The Balaban J connectivity index is 3.17. The first-order chi connectivity index (χ1) is 4.18. The van der Waals surface area contributed by atoms with Crippen LogP contribution in [-0.4, -0.2) is 4.98 Å². The van der Waals surface area contributed by atoms with Gasteiger partial charge >= 0.3 is 0 Å². The molecule has 0 bridgehead atoms. The lowest BCUT2D eigenvalue weighted by atomic mass is 10.4. The molecule has 0 radical (unpaired) electrons. The van der Waals surface area contributed by atoms with Crippen LogP contribution in [-0.2, 0) is 0 Å². The Bertz CT molecular complexity index is 173. The van der Waals surface area contributed by atoms with Crippen molar-refractivity contribution in [1.82, 2.24) is 4.98 Å². The number of rotatable bonds is 0. The maximum atomic E-state index is 5.55. The fourth-order valence-corrected chi connectivity index (χ4v) is 0.761. The summed E-state index contributed by atoms with van der Waals surface area (Å²) in [6, 6.07) is 3.08. The van der Waals surface area contributed by atoms with Gasteiger partial charge < -0.3 is 11.5 Å². The highest BCUT2D eigenvalue weighted by molar-refractivity contribution is 6.31. The van der Waals surface area contributed by atoms with Crippen molar-refractivity contribution >= 4 is 23.2 Å². The molecule has 0 aliphatic carbocycles. The second-order valence-corrected chi connectivity index (χ2v) is 2.07. The van der Waals surface area contributed by atoms with Crippen molar-refractivity contribution in [1.29, 1.82) is 0 Å². The van der Waals surface area contributed by atoms with Gasteiger partial charge in [0.25, 0.3) is 0 Å². The van der Waals surface area contributed by atoms with E-state index in [2.05, 4.69) is 4.98 Å². The summed E-state index contributed by atoms with van der Waals surface area (Å²) in [7, 11) is 0. The molecule has 0 amide bonds. The summed E-state index contributed by atoms with van der Waals surface area (Å²) in [5, 5.41) is 0.514. The molecule has 1 rings (SSSR count). The highest BCUT2D eigenvalue weighted by Gasteiger charge is 1.91. The molecule has 3 nitrogen and oxygen atoms in total. The Kier molecular flexibility index (Phi) is 1.44. The third-order valence-corrected chi connectivity index (χ3v) is 1.05. The Hall–Kier alpha value is -0.960. The summed E-state index contributed by atoms with van der Waals surface area (Å²) in [6.07, 6.45) is 0. The molecule has 0 saturated heterocycles. The Morgan fingerprint density at radius 2 is 1.67 bits per heavy atom. The van der Waals surface area contributed by atoms with Crippen molar-refractivity contribution in [2.24, 2.45) is 0 Å². The second kappa shape index (κ2) is 2.11. The molecular formula is C5H6ClN3. The lowest BCUT2D eigenvalue weighted by molar-refractivity contribution is 1.34. The van der Waals surface area contributed by atoms with Gasteiger partial charge in [-0.2, -0.15) is 0 Å². The first-order valence-electron chi connectivity index (χ1n) is 2.37. The zero-order chi connectivity index (χ0) is 6.85. The molecule has 4 N–H and O–H groups in total. The van der Waals surface area contributed by atoms with Gasteiger partial charge in [0, 0.05) is 5.02 Å². The predicted octanol–water partition coefficient (Wildman–Crippen LogP) is 0.899. The summed E-state index contributed by atoms with van der Waals surface area (Å²) in [5.74, 6) is 0.694. The van der Waals surface area contributed by atoms with Crippen molar-refractivity contribution < 1.29 is 0 Å². The van der Waals surface area contributed by atoms with Crippen LogP contribution in [0.4, 0.5) is 11.6 Å². The first kappa shape index (κ1) is 6.16. The highest BCUT2D eigenvalue weighted by atomic mass is 35.5. The molecule has 9 heavy (non-hydrogen) atoms. The van der Waals surface area contributed by atoms with Crippen LogP contribution in [0.1, 0.15) is 0 Å². The van der Waals surface area contributed by atoms with Gasteiger partial charge in [-0.15, -0.1) is 0 Å². The van der Waals surface area contributed by atoms with Gasteiger partial charge in [0.2, 0.25) is 0 Å². The number of hydrogen-bond acceptors (Lipinski definition) is 3. The van der Waals surface area contributed by atoms with Crippen LogP contribution < -0.4 is 11.5 Å². The first-order valence-corrected chi connectivity index (χ1v) is 2.75. The molecule has 1 aromatic rings. The predicted molar refractivity (Wildman–Crippen MR) is 38.1 cm³/mol. The minimum absolute atomic E-state index is 0.347. The van der Waals surface area contributed by atoms with Crippen LogP contribution in [0.2, 0.25) is 5.02 Å². The van der Waals surface area contributed by atoms with E-state index in [1.807, 2.05) is 0 Å². The fraction of sp³-hybridized carbons (Fsp3) is 0. The third kappa shape index (κ3) is 1.47. The summed E-state index contributed by atoms with van der Waals surface area (Å²) in [6.45, 7) is 0. The topological polar surface area (TPSA) is 64.9 Å². The maximum absolute atomic E-state index is 5.55. The molecule has 1 heterocycles. The smallest absolute Gasteiger partial charge is 0.127 e. The standard InChI is InChI=1S/C5H6ClN3/c6-3-1-4(7)9-5(8)2-3/h1-2H,(H4,7,8,9). The Morgan fingerprint density at radius 1 is 1.22 bits per heavy atom. The van der Waals surface area contributed by atoms with E-state index in [0.29, 0.717) is 16.7 Å². The number of anilines is 2. The van der Waals surface area contributed by atoms with Crippen LogP contribution in [0.3, 0.4) is 0 Å². The molecule has 0 saturated carbocycles. The molecule has 48 valence electrons. The van der Waals surface area contributed by atoms with E-state index in [9.17, 15) is 0 Å².